The Labute approximate surface area is 137 Å². The van der Waals surface area contributed by atoms with Crippen LogP contribution in [0.3, 0.4) is 0 Å². The minimum absolute atomic E-state index is 0.00168. The van der Waals surface area contributed by atoms with E-state index in [1.807, 2.05) is 29.7 Å². The summed E-state index contributed by atoms with van der Waals surface area (Å²) in [7, 11) is 0. The third-order valence-electron chi connectivity index (χ3n) is 3.72. The zero-order valence-corrected chi connectivity index (χ0v) is 13.2. The molecule has 0 spiro atoms. The van der Waals surface area contributed by atoms with E-state index < -0.39 is 10.9 Å². The summed E-state index contributed by atoms with van der Waals surface area (Å²) in [6.07, 6.45) is 3.72. The molecule has 0 saturated heterocycles. The van der Waals surface area contributed by atoms with Gasteiger partial charge in [-0.1, -0.05) is 12.1 Å². The fraction of sp³-hybridized carbons (Fsp3) is 0.176. The van der Waals surface area contributed by atoms with Crippen LogP contribution in [0.25, 0.3) is 5.65 Å². The third-order valence-corrected chi connectivity index (χ3v) is 3.72. The molecule has 2 heterocycles. The number of carbonyl (C=O) groups is 1. The van der Waals surface area contributed by atoms with E-state index in [1.54, 1.807) is 6.20 Å². The Morgan fingerprint density at radius 1 is 1.25 bits per heavy atom. The molecule has 0 saturated carbocycles. The van der Waals surface area contributed by atoms with Crippen LogP contribution >= 0.6 is 0 Å². The molecule has 0 fully saturated rings. The molecule has 7 nitrogen and oxygen atoms in total. The van der Waals surface area contributed by atoms with E-state index in [0.29, 0.717) is 5.69 Å². The number of benzene rings is 1. The summed E-state index contributed by atoms with van der Waals surface area (Å²) >= 11 is 0. The molecule has 0 amide bonds. The van der Waals surface area contributed by atoms with Gasteiger partial charge in [0, 0.05) is 24.0 Å². The molecule has 2 aromatic heterocycles. The first kappa shape index (κ1) is 15.7. The molecule has 0 atom stereocenters. The quantitative estimate of drug-likeness (QED) is 0.417. The summed E-state index contributed by atoms with van der Waals surface area (Å²) in [6, 6.07) is 8.17. The molecule has 0 N–H and O–H groups in total. The summed E-state index contributed by atoms with van der Waals surface area (Å²) in [6.45, 7) is 3.51. The number of rotatable bonds is 4. The van der Waals surface area contributed by atoms with Crippen LogP contribution in [-0.4, -0.2) is 20.3 Å². The molecule has 0 aliphatic rings. The number of imidazole rings is 1. The number of nitrogens with zero attached hydrogens (tertiary/aromatic N) is 3. The lowest BCUT2D eigenvalue weighted by Gasteiger charge is -2.06. The van der Waals surface area contributed by atoms with Gasteiger partial charge in [-0.25, -0.2) is 9.78 Å². The smallest absolute Gasteiger partial charge is 0.339 e. The van der Waals surface area contributed by atoms with Gasteiger partial charge in [-0.05, 0) is 31.5 Å². The van der Waals surface area contributed by atoms with Gasteiger partial charge in [-0.3, -0.25) is 10.1 Å². The number of nitro benzene ring substituents is 1. The Bertz CT molecular complexity index is 946. The van der Waals surface area contributed by atoms with Gasteiger partial charge in [0.05, 0.1) is 16.2 Å². The minimum atomic E-state index is -0.607. The van der Waals surface area contributed by atoms with Crippen LogP contribution < -0.4 is 0 Å². The van der Waals surface area contributed by atoms with Crippen molar-refractivity contribution in [3.8, 4) is 0 Å². The molecule has 7 heteroatoms. The highest BCUT2D eigenvalue weighted by molar-refractivity contribution is 5.92. The second-order valence-corrected chi connectivity index (χ2v) is 5.49. The maximum absolute atomic E-state index is 12.2. The second-order valence-electron chi connectivity index (χ2n) is 5.49. The van der Waals surface area contributed by atoms with Gasteiger partial charge >= 0.3 is 5.97 Å². The van der Waals surface area contributed by atoms with E-state index in [-0.39, 0.29) is 23.4 Å². The van der Waals surface area contributed by atoms with Crippen LogP contribution in [0.15, 0.2) is 42.7 Å². The van der Waals surface area contributed by atoms with E-state index in [9.17, 15) is 14.9 Å². The van der Waals surface area contributed by atoms with Gasteiger partial charge in [0.2, 0.25) is 0 Å². The van der Waals surface area contributed by atoms with Crippen LogP contribution in [0, 0.1) is 24.0 Å². The molecule has 0 aliphatic carbocycles. The van der Waals surface area contributed by atoms with E-state index in [4.69, 9.17) is 4.74 Å². The number of ether oxygens (including phenoxy) is 1. The fourth-order valence-corrected chi connectivity index (χ4v) is 2.48. The lowest BCUT2D eigenvalue weighted by molar-refractivity contribution is -0.385. The minimum Gasteiger partial charge on any atom is -0.456 e. The topological polar surface area (TPSA) is 86.7 Å². The van der Waals surface area contributed by atoms with Crippen molar-refractivity contribution in [2.45, 2.75) is 20.5 Å². The van der Waals surface area contributed by atoms with Gasteiger partial charge in [0.1, 0.15) is 12.3 Å². The predicted octanol–water partition coefficient (Wildman–Crippen LogP) is 3.22. The van der Waals surface area contributed by atoms with Gasteiger partial charge in [-0.15, -0.1) is 0 Å². The van der Waals surface area contributed by atoms with Gasteiger partial charge in [0.25, 0.3) is 5.69 Å². The molecule has 0 bridgehead atoms. The SMILES string of the molecule is Cc1ccc2nc(COC(=O)c3cccc([N+](=O)[O-])c3C)cn2c1. The first-order valence-corrected chi connectivity index (χ1v) is 7.31. The number of hydrogen-bond acceptors (Lipinski definition) is 5. The zero-order chi connectivity index (χ0) is 17.3. The number of aryl methyl sites for hydroxylation is 1. The summed E-state index contributed by atoms with van der Waals surface area (Å²) in [5.41, 5.74) is 2.83. The van der Waals surface area contributed by atoms with Crippen molar-refractivity contribution in [2.24, 2.45) is 0 Å². The average Bonchev–Trinajstić information content (AvgIpc) is 2.94. The predicted molar refractivity (Wildman–Crippen MR) is 86.9 cm³/mol. The molecule has 0 unspecified atom stereocenters. The summed E-state index contributed by atoms with van der Waals surface area (Å²) in [5, 5.41) is 10.9. The van der Waals surface area contributed by atoms with Crippen LogP contribution in [-0.2, 0) is 11.3 Å². The molecular weight excluding hydrogens is 310 g/mol. The van der Waals surface area contributed by atoms with E-state index in [0.717, 1.165) is 11.2 Å². The molecule has 3 rings (SSSR count). The monoisotopic (exact) mass is 325 g/mol. The second kappa shape index (κ2) is 6.11. The number of fused-ring (bicyclic) bond motifs is 1. The van der Waals surface area contributed by atoms with Crippen molar-refractivity contribution in [3.05, 3.63) is 75.2 Å². The maximum Gasteiger partial charge on any atom is 0.339 e. The average molecular weight is 325 g/mol. The zero-order valence-electron chi connectivity index (χ0n) is 13.2. The largest absolute Gasteiger partial charge is 0.456 e. The number of esters is 1. The van der Waals surface area contributed by atoms with Crippen molar-refractivity contribution in [2.75, 3.05) is 0 Å². The van der Waals surface area contributed by atoms with Gasteiger partial charge < -0.3 is 9.14 Å². The standard InChI is InChI=1S/C17H15N3O4/c1-11-6-7-16-18-13(9-19(16)8-11)10-24-17(21)14-4-3-5-15(12(14)2)20(22)23/h3-9H,10H2,1-2H3. The van der Waals surface area contributed by atoms with Crippen LogP contribution in [0.1, 0.15) is 27.2 Å². The summed E-state index contributed by atoms with van der Waals surface area (Å²) < 4.78 is 7.11. The Kier molecular flexibility index (Phi) is 3.99. The molecule has 122 valence electrons. The van der Waals surface area contributed by atoms with Crippen LogP contribution in [0.2, 0.25) is 0 Å². The highest BCUT2D eigenvalue weighted by atomic mass is 16.6. The number of carbonyl (C=O) groups excluding carboxylic acids is 1. The number of aromatic nitrogens is 2. The normalized spacial score (nSPS) is 10.8. The van der Waals surface area contributed by atoms with Crippen molar-refractivity contribution in [1.29, 1.82) is 0 Å². The van der Waals surface area contributed by atoms with Crippen molar-refractivity contribution < 1.29 is 14.5 Å². The van der Waals surface area contributed by atoms with Crippen molar-refractivity contribution in [1.82, 2.24) is 9.38 Å². The Morgan fingerprint density at radius 2 is 2.04 bits per heavy atom. The third kappa shape index (κ3) is 2.96. The van der Waals surface area contributed by atoms with Crippen molar-refractivity contribution >= 4 is 17.3 Å². The van der Waals surface area contributed by atoms with Crippen LogP contribution in [0.4, 0.5) is 5.69 Å². The number of pyridine rings is 1. The number of nitro groups is 1. The van der Waals surface area contributed by atoms with Crippen LogP contribution in [0.5, 0.6) is 0 Å². The Hall–Kier alpha value is -3.22. The summed E-state index contributed by atoms with van der Waals surface area (Å²) in [4.78, 5) is 27.0. The van der Waals surface area contributed by atoms with Gasteiger partial charge in [0.15, 0.2) is 0 Å². The number of hydrogen-bond donors (Lipinski definition) is 0. The highest BCUT2D eigenvalue weighted by Gasteiger charge is 2.19. The molecule has 0 radical (unpaired) electrons. The molecular formula is C17H15N3O4. The molecule has 3 aromatic rings. The molecule has 24 heavy (non-hydrogen) atoms. The van der Waals surface area contributed by atoms with Gasteiger partial charge in [-0.2, -0.15) is 0 Å². The lowest BCUT2D eigenvalue weighted by atomic mass is 10.1. The lowest BCUT2D eigenvalue weighted by Crippen LogP contribution is -2.08. The molecule has 0 aliphatic heterocycles. The van der Waals surface area contributed by atoms with E-state index in [1.165, 1.54) is 25.1 Å². The molecule has 1 aromatic carbocycles. The summed E-state index contributed by atoms with van der Waals surface area (Å²) in [5.74, 6) is -0.607. The van der Waals surface area contributed by atoms with E-state index >= 15 is 0 Å². The van der Waals surface area contributed by atoms with E-state index in [2.05, 4.69) is 4.98 Å². The maximum atomic E-state index is 12.2. The Balaban J connectivity index is 1.77. The first-order chi connectivity index (χ1) is 11.5. The first-order valence-electron chi connectivity index (χ1n) is 7.31. The van der Waals surface area contributed by atoms with Crippen molar-refractivity contribution in [3.63, 3.8) is 0 Å². The fourth-order valence-electron chi connectivity index (χ4n) is 2.48. The highest BCUT2D eigenvalue weighted by Crippen LogP contribution is 2.22. The Morgan fingerprint density at radius 3 is 2.79 bits per heavy atom.